The van der Waals surface area contributed by atoms with Crippen LogP contribution in [0.15, 0.2) is 28.8 Å². The van der Waals surface area contributed by atoms with Crippen LogP contribution in [-0.2, 0) is 4.74 Å². The van der Waals surface area contributed by atoms with Gasteiger partial charge in [0.15, 0.2) is 0 Å². The summed E-state index contributed by atoms with van der Waals surface area (Å²) in [5.74, 6) is 2.14. The lowest BCUT2D eigenvalue weighted by Gasteiger charge is -2.30. The fourth-order valence-electron chi connectivity index (χ4n) is 3.81. The van der Waals surface area contributed by atoms with Crippen molar-refractivity contribution in [1.82, 2.24) is 15.0 Å². The maximum Gasteiger partial charge on any atom is 0.266 e. The molecule has 2 fully saturated rings. The summed E-state index contributed by atoms with van der Waals surface area (Å²) in [6.45, 7) is 8.72. The summed E-state index contributed by atoms with van der Waals surface area (Å²) in [4.78, 5) is 21.4. The number of aromatic nitrogens is 2. The normalized spacial score (nSPS) is 18.7. The Morgan fingerprint density at radius 1 is 1.07 bits per heavy atom. The van der Waals surface area contributed by atoms with Crippen molar-refractivity contribution in [1.29, 1.82) is 0 Å². The third-order valence-electron chi connectivity index (χ3n) is 5.68. The van der Waals surface area contributed by atoms with E-state index in [0.29, 0.717) is 44.1 Å². The van der Waals surface area contributed by atoms with Crippen LogP contribution in [0.4, 0.5) is 5.95 Å². The van der Waals surface area contributed by atoms with Crippen LogP contribution in [0, 0.1) is 0 Å². The van der Waals surface area contributed by atoms with Crippen LogP contribution in [0.2, 0.25) is 0 Å². The first-order valence-corrected chi connectivity index (χ1v) is 10.2. The molecule has 2 aliphatic rings. The number of likely N-dealkylation sites (tertiary alicyclic amines) is 1. The van der Waals surface area contributed by atoms with Gasteiger partial charge in [-0.3, -0.25) is 4.79 Å². The van der Waals surface area contributed by atoms with E-state index < -0.39 is 0 Å². The lowest BCUT2D eigenvalue weighted by atomic mass is 9.96. The first-order valence-electron chi connectivity index (χ1n) is 10.2. The van der Waals surface area contributed by atoms with E-state index in [9.17, 15) is 4.79 Å². The van der Waals surface area contributed by atoms with E-state index in [2.05, 4.69) is 41.0 Å². The van der Waals surface area contributed by atoms with Gasteiger partial charge < -0.3 is 19.1 Å². The Labute approximate surface area is 165 Å². The Morgan fingerprint density at radius 3 is 2.39 bits per heavy atom. The van der Waals surface area contributed by atoms with Crippen LogP contribution in [-0.4, -0.2) is 60.3 Å². The van der Waals surface area contributed by atoms with Crippen LogP contribution in [0.1, 0.15) is 60.3 Å². The number of anilines is 1. The summed E-state index contributed by atoms with van der Waals surface area (Å²) in [5.41, 5.74) is 2.01. The zero-order valence-electron chi connectivity index (χ0n) is 16.6. The highest BCUT2D eigenvalue weighted by molar-refractivity contribution is 5.94. The molecule has 1 aromatic heterocycles. The molecule has 1 amide bonds. The molecule has 0 spiro atoms. The summed E-state index contributed by atoms with van der Waals surface area (Å²) in [6.07, 6.45) is 1.70. The second-order valence-electron chi connectivity index (χ2n) is 7.88. The largest absolute Gasteiger partial charge is 0.378 e. The Hall–Kier alpha value is -2.41. The standard InChI is InChI=1S/C21H28N4O3/c1-15(2)16-3-5-18(6-4-16)20(26)24-9-7-17(8-10-24)19-22-21(23-28-19)25-11-13-27-14-12-25/h3-6,15,17H,7-14H2,1-2H3. The molecule has 2 saturated heterocycles. The number of benzene rings is 1. The second-order valence-corrected chi connectivity index (χ2v) is 7.88. The van der Waals surface area contributed by atoms with Crippen molar-refractivity contribution in [2.75, 3.05) is 44.3 Å². The molecule has 3 heterocycles. The van der Waals surface area contributed by atoms with Crippen molar-refractivity contribution >= 4 is 11.9 Å². The topological polar surface area (TPSA) is 71.7 Å². The van der Waals surface area contributed by atoms with E-state index in [4.69, 9.17) is 9.26 Å². The van der Waals surface area contributed by atoms with Crippen LogP contribution in [0.3, 0.4) is 0 Å². The Morgan fingerprint density at radius 2 is 1.75 bits per heavy atom. The third kappa shape index (κ3) is 4.04. The van der Waals surface area contributed by atoms with Crippen molar-refractivity contribution in [3.63, 3.8) is 0 Å². The number of ether oxygens (including phenoxy) is 1. The first kappa shape index (κ1) is 18.9. The van der Waals surface area contributed by atoms with Gasteiger partial charge in [0.25, 0.3) is 11.9 Å². The lowest BCUT2D eigenvalue weighted by molar-refractivity contribution is 0.0704. The van der Waals surface area contributed by atoms with E-state index in [1.807, 2.05) is 17.0 Å². The van der Waals surface area contributed by atoms with E-state index in [1.54, 1.807) is 0 Å². The Balaban J connectivity index is 1.34. The van der Waals surface area contributed by atoms with Crippen LogP contribution >= 0.6 is 0 Å². The fraction of sp³-hybridized carbons (Fsp3) is 0.571. The van der Waals surface area contributed by atoms with Crippen molar-refractivity contribution in [3.8, 4) is 0 Å². The molecule has 0 N–H and O–H groups in total. The molecular formula is C21H28N4O3. The molecule has 2 aromatic rings. The Kier molecular flexibility index (Phi) is 5.62. The van der Waals surface area contributed by atoms with E-state index >= 15 is 0 Å². The zero-order valence-corrected chi connectivity index (χ0v) is 16.6. The average Bonchev–Trinajstić information content (AvgIpc) is 3.24. The molecule has 0 radical (unpaired) electrons. The molecule has 0 saturated carbocycles. The predicted octanol–water partition coefficient (Wildman–Crippen LogP) is 3.05. The van der Waals surface area contributed by atoms with Crippen LogP contribution in [0.5, 0.6) is 0 Å². The molecule has 7 heteroatoms. The fourth-order valence-corrected chi connectivity index (χ4v) is 3.81. The van der Waals surface area contributed by atoms with Gasteiger partial charge in [0.05, 0.1) is 13.2 Å². The molecular weight excluding hydrogens is 356 g/mol. The number of hydrogen-bond acceptors (Lipinski definition) is 6. The second kappa shape index (κ2) is 8.31. The highest BCUT2D eigenvalue weighted by Crippen LogP contribution is 2.29. The van der Waals surface area contributed by atoms with E-state index in [0.717, 1.165) is 31.5 Å². The van der Waals surface area contributed by atoms with Crippen LogP contribution < -0.4 is 4.90 Å². The van der Waals surface area contributed by atoms with E-state index in [1.165, 1.54) is 5.56 Å². The third-order valence-corrected chi connectivity index (χ3v) is 5.68. The van der Waals surface area contributed by atoms with Gasteiger partial charge in [0, 0.05) is 37.7 Å². The predicted molar refractivity (Wildman–Crippen MR) is 106 cm³/mol. The molecule has 2 aliphatic heterocycles. The summed E-state index contributed by atoms with van der Waals surface area (Å²) in [5, 5.41) is 4.14. The van der Waals surface area contributed by atoms with Gasteiger partial charge >= 0.3 is 0 Å². The summed E-state index contributed by atoms with van der Waals surface area (Å²) >= 11 is 0. The maximum absolute atomic E-state index is 12.8. The minimum absolute atomic E-state index is 0.105. The minimum atomic E-state index is 0.105. The molecule has 4 rings (SSSR count). The quantitative estimate of drug-likeness (QED) is 0.807. The number of carbonyl (C=O) groups excluding carboxylic acids is 1. The lowest BCUT2D eigenvalue weighted by Crippen LogP contribution is -2.38. The highest BCUT2D eigenvalue weighted by atomic mass is 16.5. The molecule has 150 valence electrons. The van der Waals surface area contributed by atoms with E-state index in [-0.39, 0.29) is 11.8 Å². The smallest absolute Gasteiger partial charge is 0.266 e. The number of piperidine rings is 1. The van der Waals surface area contributed by atoms with Gasteiger partial charge in [-0.15, -0.1) is 0 Å². The van der Waals surface area contributed by atoms with Crippen molar-refractivity contribution in [2.24, 2.45) is 0 Å². The average molecular weight is 384 g/mol. The summed E-state index contributed by atoms with van der Waals surface area (Å²) in [7, 11) is 0. The van der Waals surface area contributed by atoms with Gasteiger partial charge in [-0.1, -0.05) is 26.0 Å². The SMILES string of the molecule is CC(C)c1ccc(C(=O)N2CCC(c3nc(N4CCOCC4)no3)CC2)cc1. The summed E-state index contributed by atoms with van der Waals surface area (Å²) < 4.78 is 10.9. The molecule has 28 heavy (non-hydrogen) atoms. The van der Waals surface area contributed by atoms with Gasteiger partial charge in [0.1, 0.15) is 0 Å². The van der Waals surface area contributed by atoms with Crippen LogP contribution in [0.25, 0.3) is 0 Å². The van der Waals surface area contributed by atoms with Gasteiger partial charge in [0.2, 0.25) is 5.89 Å². The van der Waals surface area contributed by atoms with Gasteiger partial charge in [-0.25, -0.2) is 0 Å². The maximum atomic E-state index is 12.8. The highest BCUT2D eigenvalue weighted by Gasteiger charge is 2.29. The van der Waals surface area contributed by atoms with Gasteiger partial charge in [-0.2, -0.15) is 4.98 Å². The number of amides is 1. The Bertz CT molecular complexity index is 788. The number of morpholine rings is 1. The van der Waals surface area contributed by atoms with Crippen molar-refractivity contribution in [3.05, 3.63) is 41.3 Å². The van der Waals surface area contributed by atoms with Crippen molar-refractivity contribution < 1.29 is 14.1 Å². The number of carbonyl (C=O) groups is 1. The molecule has 0 unspecified atom stereocenters. The monoisotopic (exact) mass is 384 g/mol. The number of nitrogens with zero attached hydrogens (tertiary/aromatic N) is 4. The van der Waals surface area contributed by atoms with Gasteiger partial charge in [-0.05, 0) is 41.6 Å². The minimum Gasteiger partial charge on any atom is -0.378 e. The molecule has 7 nitrogen and oxygen atoms in total. The number of rotatable bonds is 4. The summed E-state index contributed by atoms with van der Waals surface area (Å²) in [6, 6.07) is 7.99. The number of hydrogen-bond donors (Lipinski definition) is 0. The van der Waals surface area contributed by atoms with Crippen molar-refractivity contribution in [2.45, 2.75) is 38.5 Å². The zero-order chi connectivity index (χ0) is 19.5. The molecule has 1 aromatic carbocycles. The molecule has 0 aliphatic carbocycles. The molecule has 0 bridgehead atoms. The first-order chi connectivity index (χ1) is 13.6. The molecule has 0 atom stereocenters.